The van der Waals surface area contributed by atoms with Gasteiger partial charge >= 0.3 is 0 Å². The van der Waals surface area contributed by atoms with Crippen molar-refractivity contribution in [3.8, 4) is 0 Å². The van der Waals surface area contributed by atoms with Gasteiger partial charge in [0.1, 0.15) is 9.79 Å². The Morgan fingerprint density at radius 1 is 0.550 bits per heavy atom. The highest BCUT2D eigenvalue weighted by molar-refractivity contribution is 7.90. The number of nitrogens with one attached hydrogen (secondary N) is 2. The molecule has 2 heterocycles. The minimum atomic E-state index is -3.95. The first-order chi connectivity index (χ1) is 19.1. The lowest BCUT2D eigenvalue weighted by atomic mass is 9.96. The number of benzene rings is 1. The molecule has 2 aliphatic heterocycles. The van der Waals surface area contributed by atoms with E-state index in [1.165, 1.54) is 6.07 Å². The van der Waals surface area contributed by atoms with Crippen molar-refractivity contribution in [3.63, 3.8) is 0 Å². The number of nitrogens with zero attached hydrogens (tertiary/aromatic N) is 4. The van der Waals surface area contributed by atoms with E-state index in [0.29, 0.717) is 37.6 Å². The van der Waals surface area contributed by atoms with E-state index in [1.807, 2.05) is 6.07 Å². The Kier molecular flexibility index (Phi) is 9.63. The van der Waals surface area contributed by atoms with Crippen LogP contribution in [-0.2, 0) is 20.0 Å². The molecule has 1 aromatic carbocycles. The minimum Gasteiger partial charge on any atom is -0.368 e. The van der Waals surface area contributed by atoms with Gasteiger partial charge in [0.2, 0.25) is 20.0 Å². The topological polar surface area (TPSA) is 105 Å². The lowest BCUT2D eigenvalue weighted by Crippen LogP contribution is -2.47. The van der Waals surface area contributed by atoms with Crippen molar-refractivity contribution in [2.45, 2.75) is 86.1 Å². The van der Waals surface area contributed by atoms with E-state index in [2.05, 4.69) is 43.1 Å². The summed E-state index contributed by atoms with van der Waals surface area (Å²) >= 11 is 0. The first-order valence-electron chi connectivity index (χ1n) is 15.2. The fourth-order valence-corrected chi connectivity index (χ4v) is 9.72. The molecule has 5 rings (SSSR count). The Labute approximate surface area is 241 Å². The summed E-state index contributed by atoms with van der Waals surface area (Å²) in [6, 6.07) is 3.10. The fourth-order valence-electron chi connectivity index (χ4n) is 6.56. The second-order valence-corrected chi connectivity index (χ2v) is 15.6. The van der Waals surface area contributed by atoms with Crippen molar-refractivity contribution in [2.75, 3.05) is 76.3 Å². The van der Waals surface area contributed by atoms with E-state index < -0.39 is 20.0 Å². The molecule has 0 spiro atoms. The molecule has 0 unspecified atom stereocenters. The summed E-state index contributed by atoms with van der Waals surface area (Å²) < 4.78 is 62.1. The highest BCUT2D eigenvalue weighted by Gasteiger charge is 2.34. The number of rotatable bonds is 8. The van der Waals surface area contributed by atoms with Crippen LogP contribution in [0.3, 0.4) is 0 Å². The summed E-state index contributed by atoms with van der Waals surface area (Å²) in [4.78, 5) is 8.90. The van der Waals surface area contributed by atoms with Crippen LogP contribution in [0.1, 0.15) is 64.2 Å². The van der Waals surface area contributed by atoms with E-state index in [9.17, 15) is 16.8 Å². The number of likely N-dealkylation sites (N-methyl/N-ethyl adjacent to an activating group) is 2. The van der Waals surface area contributed by atoms with Crippen molar-refractivity contribution < 1.29 is 16.8 Å². The van der Waals surface area contributed by atoms with Gasteiger partial charge in [-0.3, -0.25) is 0 Å². The van der Waals surface area contributed by atoms with Gasteiger partial charge in [0.25, 0.3) is 0 Å². The first kappa shape index (κ1) is 30.0. The largest absolute Gasteiger partial charge is 0.368 e. The molecule has 2 saturated carbocycles. The number of piperazine rings is 2. The minimum absolute atomic E-state index is 0.0875. The summed E-state index contributed by atoms with van der Waals surface area (Å²) in [6.07, 6.45) is 9.54. The van der Waals surface area contributed by atoms with Crippen molar-refractivity contribution in [1.82, 2.24) is 19.2 Å². The monoisotopic (exact) mass is 596 g/mol. The second-order valence-electron chi connectivity index (χ2n) is 12.3. The third-order valence-corrected chi connectivity index (χ3v) is 12.3. The Morgan fingerprint density at radius 2 is 0.900 bits per heavy atom. The highest BCUT2D eigenvalue weighted by atomic mass is 32.2. The Balaban J connectivity index is 1.60. The molecule has 12 heteroatoms. The van der Waals surface area contributed by atoms with Crippen LogP contribution in [0.2, 0.25) is 0 Å². The molecule has 4 aliphatic rings. The van der Waals surface area contributed by atoms with Crippen molar-refractivity contribution >= 4 is 31.4 Å². The molecular weight excluding hydrogens is 548 g/mol. The molecule has 0 amide bonds. The molecule has 226 valence electrons. The van der Waals surface area contributed by atoms with Crippen LogP contribution in [0, 0.1) is 0 Å². The maximum Gasteiger partial charge on any atom is 0.242 e. The highest BCUT2D eigenvalue weighted by Crippen LogP contribution is 2.38. The molecule has 0 radical (unpaired) electrons. The van der Waals surface area contributed by atoms with E-state index in [-0.39, 0.29) is 21.9 Å². The van der Waals surface area contributed by atoms with Crippen LogP contribution in [0.5, 0.6) is 0 Å². The van der Waals surface area contributed by atoms with E-state index in [0.717, 1.165) is 90.4 Å². The van der Waals surface area contributed by atoms with Crippen molar-refractivity contribution in [2.24, 2.45) is 0 Å². The van der Waals surface area contributed by atoms with Crippen molar-refractivity contribution in [3.05, 3.63) is 12.1 Å². The van der Waals surface area contributed by atoms with Gasteiger partial charge in [-0.1, -0.05) is 38.5 Å². The molecule has 2 N–H and O–H groups in total. The molecule has 1 aromatic rings. The van der Waals surface area contributed by atoms with Crippen LogP contribution in [0.4, 0.5) is 11.4 Å². The lowest BCUT2D eigenvalue weighted by Gasteiger charge is -2.38. The summed E-state index contributed by atoms with van der Waals surface area (Å²) in [5.41, 5.74) is 1.23. The van der Waals surface area contributed by atoms with Gasteiger partial charge in [0, 0.05) is 64.4 Å². The van der Waals surface area contributed by atoms with Crippen LogP contribution in [-0.4, -0.2) is 105 Å². The van der Waals surface area contributed by atoms with E-state index in [4.69, 9.17) is 0 Å². The Hall–Kier alpha value is -1.44. The van der Waals surface area contributed by atoms with Gasteiger partial charge < -0.3 is 19.6 Å². The maximum atomic E-state index is 14.0. The third-order valence-electron chi connectivity index (χ3n) is 9.16. The van der Waals surface area contributed by atoms with Crippen LogP contribution < -0.4 is 19.2 Å². The summed E-state index contributed by atoms with van der Waals surface area (Å²) in [5, 5.41) is 0. The Bertz CT molecular complexity index is 1120. The molecule has 40 heavy (non-hydrogen) atoms. The summed E-state index contributed by atoms with van der Waals surface area (Å²) in [5.74, 6) is 0. The molecule has 0 atom stereocenters. The zero-order valence-electron chi connectivity index (χ0n) is 24.3. The zero-order valence-corrected chi connectivity index (χ0v) is 25.9. The fraction of sp³-hybridized carbons (Fsp3) is 0.786. The lowest BCUT2D eigenvalue weighted by molar-refractivity contribution is 0.311. The predicted molar refractivity (Wildman–Crippen MR) is 160 cm³/mol. The third kappa shape index (κ3) is 7.12. The smallest absolute Gasteiger partial charge is 0.242 e. The Morgan fingerprint density at radius 3 is 1.25 bits per heavy atom. The molecule has 0 aromatic heterocycles. The number of hydrogen-bond donors (Lipinski definition) is 2. The van der Waals surface area contributed by atoms with Crippen LogP contribution in [0.15, 0.2) is 21.9 Å². The second kappa shape index (κ2) is 12.8. The van der Waals surface area contributed by atoms with Gasteiger partial charge in [-0.05, 0) is 51.9 Å². The van der Waals surface area contributed by atoms with Crippen LogP contribution >= 0.6 is 0 Å². The van der Waals surface area contributed by atoms with Gasteiger partial charge in [-0.25, -0.2) is 26.3 Å². The number of hydrogen-bond acceptors (Lipinski definition) is 8. The number of anilines is 2. The van der Waals surface area contributed by atoms with Gasteiger partial charge in [0.05, 0.1) is 11.4 Å². The molecule has 2 aliphatic carbocycles. The molecular formula is C28H48N6O4S2. The van der Waals surface area contributed by atoms with Gasteiger partial charge in [0.15, 0.2) is 0 Å². The van der Waals surface area contributed by atoms with Crippen molar-refractivity contribution in [1.29, 1.82) is 0 Å². The molecule has 0 bridgehead atoms. The zero-order chi connectivity index (χ0) is 28.3. The standard InChI is InChI=1S/C28H48N6O4S2/c1-31-13-17-33(18-14-31)25-21-26(34-19-15-32(2)16-20-34)28(40(37,38)30-24-11-7-4-8-12-24)22-27(25)39(35,36)29-23-9-5-3-6-10-23/h21-24,29-30H,3-20H2,1-2H3. The predicted octanol–water partition coefficient (Wildman–Crippen LogP) is 2.41. The average Bonchev–Trinajstić information content (AvgIpc) is 2.94. The molecule has 10 nitrogen and oxygen atoms in total. The van der Waals surface area contributed by atoms with Gasteiger partial charge in [-0.2, -0.15) is 0 Å². The average molecular weight is 597 g/mol. The SMILES string of the molecule is CN1CCN(c2cc(N3CCN(C)CC3)c(S(=O)(=O)NC3CCCCC3)cc2S(=O)(=O)NC2CCCCC2)CC1. The molecule has 2 saturated heterocycles. The maximum absolute atomic E-state index is 14.0. The van der Waals surface area contributed by atoms with Gasteiger partial charge in [-0.15, -0.1) is 0 Å². The molecule has 4 fully saturated rings. The quantitative estimate of drug-likeness (QED) is 0.472. The van der Waals surface area contributed by atoms with E-state index >= 15 is 0 Å². The summed E-state index contributed by atoms with van der Waals surface area (Å²) in [7, 11) is -3.76. The van der Waals surface area contributed by atoms with Crippen LogP contribution in [0.25, 0.3) is 0 Å². The first-order valence-corrected chi connectivity index (χ1v) is 18.2. The summed E-state index contributed by atoms with van der Waals surface area (Å²) in [6.45, 7) is 6.05. The normalized spacial score (nSPS) is 23.6. The van der Waals surface area contributed by atoms with E-state index in [1.54, 1.807) is 0 Å². The number of sulfonamides is 2.